The number of hydrogen-bond donors (Lipinski definition) is 0. The maximum absolute atomic E-state index is 2.46. The normalized spacial score (nSPS) is 13.2. The van der Waals surface area contributed by atoms with Crippen LogP contribution in [0.4, 0.5) is 0 Å². The van der Waals surface area contributed by atoms with Gasteiger partial charge in [-0.3, -0.25) is 0 Å². The molecule has 0 amide bonds. The fourth-order valence-electron chi connectivity index (χ4n) is 9.22. The molecule has 1 spiro atoms. The smallest absolute Gasteiger partial charge is 0.0619 e. The van der Waals surface area contributed by atoms with Crippen molar-refractivity contribution in [3.63, 3.8) is 0 Å². The second kappa shape index (κ2) is 13.4. The van der Waals surface area contributed by atoms with E-state index >= 15 is 0 Å². The average molecular weight is 741 g/mol. The van der Waals surface area contributed by atoms with Crippen LogP contribution in [-0.2, 0) is 5.41 Å². The number of aryl methyl sites for hydroxylation is 4. The van der Waals surface area contributed by atoms with Gasteiger partial charge in [-0.15, -0.1) is 0 Å². The highest BCUT2D eigenvalue weighted by atomic mass is 31.1. The summed E-state index contributed by atoms with van der Waals surface area (Å²) in [6, 6.07) is 70.4. The summed E-state index contributed by atoms with van der Waals surface area (Å²) in [6.07, 6.45) is 0. The minimum Gasteiger partial charge on any atom is -0.0619 e. The molecule has 55 heavy (non-hydrogen) atoms. The van der Waals surface area contributed by atoms with E-state index < -0.39 is 21.3 Å². The molecule has 0 saturated carbocycles. The van der Waals surface area contributed by atoms with Crippen LogP contribution < -0.4 is 31.8 Å². The topological polar surface area (TPSA) is 0 Å². The van der Waals surface area contributed by atoms with E-state index in [9.17, 15) is 0 Å². The van der Waals surface area contributed by atoms with Gasteiger partial charge in [-0.25, -0.2) is 0 Å². The lowest BCUT2D eigenvalue weighted by Crippen LogP contribution is -2.38. The van der Waals surface area contributed by atoms with E-state index in [0.717, 1.165) is 0 Å². The van der Waals surface area contributed by atoms with Gasteiger partial charge in [-0.2, -0.15) is 0 Å². The molecule has 2 heteroatoms. The highest BCUT2D eigenvalue weighted by Gasteiger charge is 2.54. The van der Waals surface area contributed by atoms with Gasteiger partial charge in [0.05, 0.1) is 5.41 Å². The Kier molecular flexibility index (Phi) is 8.33. The molecule has 0 heterocycles. The van der Waals surface area contributed by atoms with Crippen molar-refractivity contribution in [1.82, 2.24) is 0 Å². The predicted octanol–water partition coefficient (Wildman–Crippen LogP) is 10.8. The molecule has 0 fully saturated rings. The van der Waals surface area contributed by atoms with Gasteiger partial charge in [0.2, 0.25) is 0 Å². The first-order chi connectivity index (χ1) is 26.9. The molecule has 0 N–H and O–H groups in total. The van der Waals surface area contributed by atoms with Crippen LogP contribution in [0.2, 0.25) is 0 Å². The van der Waals surface area contributed by atoms with Gasteiger partial charge in [-0.05, 0) is 120 Å². The molecule has 0 saturated heterocycles. The first-order valence-electron chi connectivity index (χ1n) is 19.3. The van der Waals surface area contributed by atoms with E-state index in [1.807, 2.05) is 0 Å². The quantitative estimate of drug-likeness (QED) is 0.149. The van der Waals surface area contributed by atoms with Crippen molar-refractivity contribution in [3.05, 3.63) is 226 Å². The molecular formula is C53H42P2. The Labute approximate surface area is 328 Å². The fourth-order valence-corrected chi connectivity index (χ4v) is 14.2. The maximum Gasteiger partial charge on any atom is 0.0738 e. The van der Waals surface area contributed by atoms with Crippen molar-refractivity contribution in [1.29, 1.82) is 0 Å². The van der Waals surface area contributed by atoms with E-state index in [4.69, 9.17) is 0 Å². The Morgan fingerprint density at radius 1 is 0.291 bits per heavy atom. The Hall–Kier alpha value is -5.38. The number of fused-ring (bicyclic) bond motifs is 10. The summed E-state index contributed by atoms with van der Waals surface area (Å²) in [7, 11) is -1.82. The van der Waals surface area contributed by atoms with E-state index in [0.29, 0.717) is 0 Å². The predicted molar refractivity (Wildman–Crippen MR) is 239 cm³/mol. The minimum absolute atomic E-state index is 0.503. The van der Waals surface area contributed by atoms with E-state index in [1.165, 1.54) is 98.6 Å². The van der Waals surface area contributed by atoms with Crippen LogP contribution in [0.3, 0.4) is 0 Å². The minimum atomic E-state index is -0.911. The molecule has 0 aliphatic heterocycles. The molecule has 8 aromatic carbocycles. The zero-order valence-electron chi connectivity index (χ0n) is 31.7. The Balaban J connectivity index is 1.35. The summed E-state index contributed by atoms with van der Waals surface area (Å²) in [5.41, 5.74) is 15.7. The lowest BCUT2D eigenvalue weighted by molar-refractivity contribution is 0.805. The molecule has 0 atom stereocenters. The van der Waals surface area contributed by atoms with Crippen molar-refractivity contribution in [3.8, 4) is 22.3 Å². The molecule has 0 nitrogen and oxygen atoms in total. The SMILES string of the molecule is Cc1ccc(P(c2ccc(C)cc2)c2cccc3c2C2(c4ccccc4-3)c3ccccc3-c3cccc(P(c4ccc(C)cc4)c4ccc(C)cc4)c32)cc1. The second-order valence-corrected chi connectivity index (χ2v) is 19.6. The van der Waals surface area contributed by atoms with Crippen LogP contribution in [0, 0.1) is 27.7 Å². The van der Waals surface area contributed by atoms with E-state index in [-0.39, 0.29) is 0 Å². The summed E-state index contributed by atoms with van der Waals surface area (Å²) in [4.78, 5) is 0. The summed E-state index contributed by atoms with van der Waals surface area (Å²) in [6.45, 7) is 8.77. The van der Waals surface area contributed by atoms with Gasteiger partial charge in [0.1, 0.15) is 0 Å². The monoisotopic (exact) mass is 740 g/mol. The van der Waals surface area contributed by atoms with Crippen molar-refractivity contribution in [2.24, 2.45) is 0 Å². The van der Waals surface area contributed by atoms with Gasteiger partial charge >= 0.3 is 0 Å². The Morgan fingerprint density at radius 3 is 0.909 bits per heavy atom. The molecule has 2 aliphatic rings. The van der Waals surface area contributed by atoms with Gasteiger partial charge in [0, 0.05) is 0 Å². The molecule has 0 aromatic heterocycles. The first-order valence-corrected chi connectivity index (χ1v) is 22.0. The number of benzene rings is 8. The van der Waals surface area contributed by atoms with Gasteiger partial charge in [0.15, 0.2) is 0 Å². The maximum atomic E-state index is 2.46. The van der Waals surface area contributed by atoms with Crippen molar-refractivity contribution >= 4 is 47.7 Å². The van der Waals surface area contributed by atoms with E-state index in [1.54, 1.807) is 0 Å². The largest absolute Gasteiger partial charge is 0.0738 e. The van der Waals surface area contributed by atoms with Crippen molar-refractivity contribution < 1.29 is 0 Å². The molecular weight excluding hydrogens is 699 g/mol. The third kappa shape index (κ3) is 5.34. The van der Waals surface area contributed by atoms with Gasteiger partial charge in [-0.1, -0.05) is 204 Å². The van der Waals surface area contributed by atoms with Crippen LogP contribution in [0.1, 0.15) is 44.5 Å². The lowest BCUT2D eigenvalue weighted by atomic mass is 9.70. The molecule has 2 aliphatic carbocycles. The second-order valence-electron chi connectivity index (χ2n) is 15.3. The highest BCUT2D eigenvalue weighted by Crippen LogP contribution is 2.64. The van der Waals surface area contributed by atoms with Gasteiger partial charge < -0.3 is 0 Å². The zero-order valence-corrected chi connectivity index (χ0v) is 33.5. The lowest BCUT2D eigenvalue weighted by Gasteiger charge is -2.36. The molecule has 10 rings (SSSR count). The summed E-state index contributed by atoms with van der Waals surface area (Å²) < 4.78 is 0. The fraction of sp³-hybridized carbons (Fsp3) is 0.0943. The molecule has 0 unspecified atom stereocenters. The van der Waals surface area contributed by atoms with Crippen LogP contribution >= 0.6 is 15.8 Å². The first kappa shape index (κ1) is 34.1. The third-order valence-corrected chi connectivity index (χ3v) is 16.7. The van der Waals surface area contributed by atoms with E-state index in [2.05, 4.69) is 210 Å². The summed E-state index contributed by atoms with van der Waals surface area (Å²) in [5.74, 6) is 0. The van der Waals surface area contributed by atoms with Crippen molar-refractivity contribution in [2.75, 3.05) is 0 Å². The molecule has 8 aromatic rings. The Bertz CT molecular complexity index is 2440. The summed E-state index contributed by atoms with van der Waals surface area (Å²) in [5, 5.41) is 8.39. The zero-order chi connectivity index (χ0) is 37.3. The number of rotatable bonds is 6. The third-order valence-electron chi connectivity index (χ3n) is 11.7. The summed E-state index contributed by atoms with van der Waals surface area (Å²) >= 11 is 0. The van der Waals surface area contributed by atoms with Gasteiger partial charge in [0.25, 0.3) is 0 Å². The number of hydrogen-bond acceptors (Lipinski definition) is 0. The van der Waals surface area contributed by atoms with Crippen molar-refractivity contribution in [2.45, 2.75) is 33.1 Å². The molecule has 0 bridgehead atoms. The standard InChI is InChI=1S/C53H42P2/c1-35-19-27-39(28-20-35)54(40-29-21-36(2)22-30-40)49-17-9-13-45-43-11-5-7-15-47(43)53(51(45)49)48-16-8-6-12-44(48)46-14-10-18-50(52(46)53)55(41-31-23-37(3)24-32-41)42-33-25-38(4)26-34-42/h5-34H,1-4H3. The average Bonchev–Trinajstić information content (AvgIpc) is 3.69. The van der Waals surface area contributed by atoms with Crippen LogP contribution in [0.25, 0.3) is 22.3 Å². The van der Waals surface area contributed by atoms with Crippen LogP contribution in [0.5, 0.6) is 0 Å². The highest BCUT2D eigenvalue weighted by molar-refractivity contribution is 7.80. The molecule has 264 valence electrons. The Morgan fingerprint density at radius 2 is 0.582 bits per heavy atom. The molecule has 0 radical (unpaired) electrons. The van der Waals surface area contributed by atoms with Crippen LogP contribution in [-0.4, -0.2) is 0 Å². The van der Waals surface area contributed by atoms with Crippen LogP contribution in [0.15, 0.2) is 182 Å².